The van der Waals surface area contributed by atoms with E-state index in [-0.39, 0.29) is 36.4 Å². The summed E-state index contributed by atoms with van der Waals surface area (Å²) in [4.78, 5) is 24.8. The monoisotopic (exact) mass is 335 g/mol. The number of carbonyl (C=O) groups excluding carboxylic acids is 2. The molecule has 24 heavy (non-hydrogen) atoms. The number of phenolic OH excluding ortho intramolecular Hbond substituents is 1. The third kappa shape index (κ3) is 3.87. The average molecular weight is 335 g/mol. The molecule has 1 aromatic carbocycles. The number of carbonyl (C=O) groups is 2. The highest BCUT2D eigenvalue weighted by Gasteiger charge is 2.51. The number of benzene rings is 1. The molecule has 1 heterocycles. The van der Waals surface area contributed by atoms with Crippen molar-refractivity contribution in [3.63, 3.8) is 0 Å². The van der Waals surface area contributed by atoms with Gasteiger partial charge >= 0.3 is 11.9 Å². The van der Waals surface area contributed by atoms with E-state index in [2.05, 4.69) is 5.32 Å². The number of phenols is 1. The van der Waals surface area contributed by atoms with Crippen LogP contribution < -0.4 is 5.32 Å². The van der Waals surface area contributed by atoms with Gasteiger partial charge < -0.3 is 14.6 Å². The second kappa shape index (κ2) is 7.21. The third-order valence-corrected chi connectivity index (χ3v) is 4.14. The van der Waals surface area contributed by atoms with Crippen molar-refractivity contribution in [2.24, 2.45) is 5.92 Å². The van der Waals surface area contributed by atoms with E-state index in [4.69, 9.17) is 9.47 Å². The fourth-order valence-electron chi connectivity index (χ4n) is 3.01. The van der Waals surface area contributed by atoms with Crippen LogP contribution in [0.15, 0.2) is 24.3 Å². The van der Waals surface area contributed by atoms with Crippen LogP contribution in [-0.4, -0.2) is 35.3 Å². The molecule has 0 aliphatic carbocycles. The van der Waals surface area contributed by atoms with Crippen LogP contribution in [0.1, 0.15) is 45.7 Å². The van der Waals surface area contributed by atoms with Crippen LogP contribution >= 0.6 is 0 Å². The van der Waals surface area contributed by atoms with Crippen LogP contribution in [-0.2, 0) is 19.1 Å². The van der Waals surface area contributed by atoms with Crippen molar-refractivity contribution in [2.75, 3.05) is 6.61 Å². The minimum absolute atomic E-state index is 0.145. The molecular weight excluding hydrogens is 310 g/mol. The zero-order valence-corrected chi connectivity index (χ0v) is 14.5. The smallest absolute Gasteiger partial charge is 0.326 e. The van der Waals surface area contributed by atoms with Crippen LogP contribution in [0.2, 0.25) is 0 Å². The molecule has 6 nitrogen and oxygen atoms in total. The standard InChI is InChI=1S/C18H25NO5/c1-5-23-16(21)14-10-18(4,17(22)24-11(2)3)19-15(14)12-6-8-13(20)9-7-12/h6-9,11,14-15,19-20H,5,10H2,1-4H3/t14-,15-,18?/m0/s1. The maximum absolute atomic E-state index is 12.5. The summed E-state index contributed by atoms with van der Waals surface area (Å²) in [5.74, 6) is -1.08. The zero-order valence-electron chi connectivity index (χ0n) is 14.5. The highest BCUT2D eigenvalue weighted by Crippen LogP contribution is 2.40. The molecule has 2 N–H and O–H groups in total. The van der Waals surface area contributed by atoms with E-state index < -0.39 is 11.5 Å². The summed E-state index contributed by atoms with van der Waals surface area (Å²) in [5, 5.41) is 12.7. The van der Waals surface area contributed by atoms with Crippen molar-refractivity contribution < 1.29 is 24.2 Å². The lowest BCUT2D eigenvalue weighted by molar-refractivity contribution is -0.154. The average Bonchev–Trinajstić information content (AvgIpc) is 2.87. The molecule has 0 saturated carbocycles. The topological polar surface area (TPSA) is 84.9 Å². The van der Waals surface area contributed by atoms with Gasteiger partial charge in [-0.1, -0.05) is 12.1 Å². The molecule has 1 saturated heterocycles. The van der Waals surface area contributed by atoms with E-state index in [9.17, 15) is 14.7 Å². The molecule has 1 aliphatic rings. The summed E-state index contributed by atoms with van der Waals surface area (Å²) in [6.45, 7) is 7.35. The van der Waals surface area contributed by atoms with Crippen molar-refractivity contribution >= 4 is 11.9 Å². The molecule has 0 bridgehead atoms. The van der Waals surface area contributed by atoms with Gasteiger partial charge in [-0.15, -0.1) is 0 Å². The number of esters is 2. The Morgan fingerprint density at radius 3 is 2.50 bits per heavy atom. The highest BCUT2D eigenvalue weighted by molar-refractivity contribution is 5.84. The first-order chi connectivity index (χ1) is 11.3. The van der Waals surface area contributed by atoms with E-state index in [0.29, 0.717) is 6.42 Å². The normalized spacial score (nSPS) is 26.4. The van der Waals surface area contributed by atoms with E-state index in [1.54, 1.807) is 52.0 Å². The summed E-state index contributed by atoms with van der Waals surface area (Å²) < 4.78 is 10.5. The van der Waals surface area contributed by atoms with Crippen molar-refractivity contribution in [1.29, 1.82) is 0 Å². The third-order valence-electron chi connectivity index (χ3n) is 4.14. The van der Waals surface area contributed by atoms with Crippen LogP contribution in [0, 0.1) is 5.92 Å². The number of ether oxygens (including phenoxy) is 2. The Morgan fingerprint density at radius 1 is 1.33 bits per heavy atom. The molecule has 2 rings (SSSR count). The Morgan fingerprint density at radius 2 is 1.96 bits per heavy atom. The van der Waals surface area contributed by atoms with Crippen LogP contribution in [0.25, 0.3) is 0 Å². The van der Waals surface area contributed by atoms with Gasteiger partial charge in [0.15, 0.2) is 0 Å². The van der Waals surface area contributed by atoms with Gasteiger partial charge in [0.1, 0.15) is 11.3 Å². The minimum Gasteiger partial charge on any atom is -0.508 e. The number of nitrogens with one attached hydrogen (secondary N) is 1. The van der Waals surface area contributed by atoms with Crippen LogP contribution in [0.3, 0.4) is 0 Å². The van der Waals surface area contributed by atoms with Gasteiger partial charge in [0.2, 0.25) is 0 Å². The molecule has 6 heteroatoms. The first kappa shape index (κ1) is 18.3. The fraction of sp³-hybridized carbons (Fsp3) is 0.556. The highest BCUT2D eigenvalue weighted by atomic mass is 16.5. The molecule has 0 aromatic heterocycles. The van der Waals surface area contributed by atoms with Gasteiger partial charge in [-0.3, -0.25) is 14.9 Å². The van der Waals surface area contributed by atoms with E-state index in [0.717, 1.165) is 5.56 Å². The molecular formula is C18H25NO5. The Hall–Kier alpha value is -2.08. The predicted octanol–water partition coefficient (Wildman–Crippen LogP) is 2.32. The van der Waals surface area contributed by atoms with Gasteiger partial charge in [-0.05, 0) is 51.8 Å². The number of hydrogen-bond donors (Lipinski definition) is 2. The molecule has 1 unspecified atom stereocenters. The second-order valence-corrected chi connectivity index (χ2v) is 6.56. The molecule has 1 fully saturated rings. The number of rotatable bonds is 5. The molecule has 3 atom stereocenters. The number of aromatic hydroxyl groups is 1. The number of hydrogen-bond acceptors (Lipinski definition) is 6. The van der Waals surface area contributed by atoms with E-state index in [1.165, 1.54) is 0 Å². The van der Waals surface area contributed by atoms with Crippen molar-refractivity contribution in [1.82, 2.24) is 5.32 Å². The molecule has 132 valence electrons. The zero-order chi connectivity index (χ0) is 17.9. The summed E-state index contributed by atoms with van der Waals surface area (Å²) in [7, 11) is 0. The van der Waals surface area contributed by atoms with Crippen molar-refractivity contribution in [2.45, 2.75) is 51.8 Å². The summed E-state index contributed by atoms with van der Waals surface area (Å²) in [5.41, 5.74) is -0.156. The minimum atomic E-state index is -0.968. The summed E-state index contributed by atoms with van der Waals surface area (Å²) in [6.07, 6.45) is 0.0630. The van der Waals surface area contributed by atoms with Crippen molar-refractivity contribution in [3.8, 4) is 5.75 Å². The Balaban J connectivity index is 2.30. The maximum atomic E-state index is 12.5. The fourth-order valence-corrected chi connectivity index (χ4v) is 3.01. The molecule has 0 radical (unpaired) electrons. The van der Waals surface area contributed by atoms with Crippen LogP contribution in [0.4, 0.5) is 0 Å². The second-order valence-electron chi connectivity index (χ2n) is 6.56. The van der Waals surface area contributed by atoms with Gasteiger partial charge in [-0.25, -0.2) is 0 Å². The lowest BCUT2D eigenvalue weighted by atomic mass is 9.90. The van der Waals surface area contributed by atoms with E-state index in [1.807, 2.05) is 0 Å². The Labute approximate surface area is 142 Å². The largest absolute Gasteiger partial charge is 0.508 e. The first-order valence-electron chi connectivity index (χ1n) is 8.21. The molecule has 0 amide bonds. The molecule has 0 spiro atoms. The molecule has 1 aromatic rings. The quantitative estimate of drug-likeness (QED) is 0.803. The SMILES string of the molecule is CCOC(=O)[C@H]1CC(C)(C(=O)OC(C)C)N[C@H]1c1ccc(O)cc1. The summed E-state index contributed by atoms with van der Waals surface area (Å²) in [6, 6.07) is 6.20. The van der Waals surface area contributed by atoms with Gasteiger partial charge in [0.05, 0.1) is 18.6 Å². The van der Waals surface area contributed by atoms with Gasteiger partial charge in [0, 0.05) is 6.04 Å². The summed E-state index contributed by atoms with van der Waals surface area (Å²) >= 11 is 0. The van der Waals surface area contributed by atoms with Crippen molar-refractivity contribution in [3.05, 3.63) is 29.8 Å². The van der Waals surface area contributed by atoms with Gasteiger partial charge in [0.25, 0.3) is 0 Å². The first-order valence-corrected chi connectivity index (χ1v) is 8.21. The van der Waals surface area contributed by atoms with E-state index >= 15 is 0 Å². The Kier molecular flexibility index (Phi) is 5.49. The van der Waals surface area contributed by atoms with Crippen LogP contribution in [0.5, 0.6) is 5.75 Å². The maximum Gasteiger partial charge on any atom is 0.326 e. The molecule has 1 aliphatic heterocycles. The Bertz CT molecular complexity index is 598. The lowest BCUT2D eigenvalue weighted by Crippen LogP contribution is -2.47. The van der Waals surface area contributed by atoms with Gasteiger partial charge in [-0.2, -0.15) is 0 Å². The lowest BCUT2D eigenvalue weighted by Gasteiger charge is -2.25. The predicted molar refractivity (Wildman–Crippen MR) is 88.4 cm³/mol.